The number of hydrogen-bond acceptors (Lipinski definition) is 2. The van der Waals surface area contributed by atoms with Crippen molar-refractivity contribution < 1.29 is 9.53 Å². The number of benzene rings is 3. The lowest BCUT2D eigenvalue weighted by Crippen LogP contribution is -2.22. The standard InChI is InChI=1S/C21H16BrNO2/c1-25-21(24)20(14-10-12-15(22)13-11-14)23-18-8-4-2-6-16(18)17-7-3-5-9-19(17)23/h2-13,20H,1H3/t20-/m1/s1. The van der Waals surface area contributed by atoms with Gasteiger partial charge in [-0.1, -0.05) is 64.5 Å². The summed E-state index contributed by atoms with van der Waals surface area (Å²) in [6.45, 7) is 0. The van der Waals surface area contributed by atoms with Crippen LogP contribution in [0.2, 0.25) is 0 Å². The second-order valence-electron chi connectivity index (χ2n) is 5.88. The van der Waals surface area contributed by atoms with Gasteiger partial charge in [-0.15, -0.1) is 0 Å². The van der Waals surface area contributed by atoms with E-state index >= 15 is 0 Å². The second kappa shape index (κ2) is 6.37. The number of rotatable bonds is 3. The zero-order chi connectivity index (χ0) is 17.4. The lowest BCUT2D eigenvalue weighted by Gasteiger charge is -2.19. The number of methoxy groups -OCH3 is 1. The summed E-state index contributed by atoms with van der Waals surface area (Å²) in [4.78, 5) is 12.7. The minimum absolute atomic E-state index is 0.283. The first-order valence-electron chi connectivity index (χ1n) is 8.01. The van der Waals surface area contributed by atoms with E-state index in [1.807, 2.05) is 60.7 Å². The van der Waals surface area contributed by atoms with Gasteiger partial charge in [-0.25, -0.2) is 4.79 Å². The zero-order valence-corrected chi connectivity index (χ0v) is 15.2. The van der Waals surface area contributed by atoms with Gasteiger partial charge in [0.2, 0.25) is 0 Å². The topological polar surface area (TPSA) is 31.2 Å². The average Bonchev–Trinajstić information content (AvgIpc) is 2.98. The molecule has 1 heterocycles. The van der Waals surface area contributed by atoms with Crippen molar-refractivity contribution in [1.29, 1.82) is 0 Å². The maximum atomic E-state index is 12.7. The summed E-state index contributed by atoms with van der Waals surface area (Å²) in [5.74, 6) is -0.283. The molecule has 0 fully saturated rings. The third kappa shape index (κ3) is 2.63. The highest BCUT2D eigenvalue weighted by atomic mass is 79.9. The highest BCUT2D eigenvalue weighted by molar-refractivity contribution is 9.10. The Labute approximate surface area is 154 Å². The van der Waals surface area contributed by atoms with Gasteiger partial charge in [0, 0.05) is 15.2 Å². The first kappa shape index (κ1) is 15.9. The minimum atomic E-state index is -0.539. The molecule has 4 aromatic rings. The van der Waals surface area contributed by atoms with Gasteiger partial charge in [0.05, 0.1) is 18.1 Å². The van der Waals surface area contributed by atoms with Crippen LogP contribution in [-0.4, -0.2) is 17.6 Å². The Kier molecular flexibility index (Phi) is 4.06. The van der Waals surface area contributed by atoms with E-state index in [2.05, 4.69) is 32.6 Å². The van der Waals surface area contributed by atoms with E-state index < -0.39 is 6.04 Å². The van der Waals surface area contributed by atoms with Crippen LogP contribution in [0.5, 0.6) is 0 Å². The van der Waals surface area contributed by atoms with Crippen LogP contribution in [0.15, 0.2) is 77.3 Å². The Hall–Kier alpha value is -2.59. The molecule has 1 aromatic heterocycles. The van der Waals surface area contributed by atoms with Gasteiger partial charge >= 0.3 is 5.97 Å². The number of hydrogen-bond donors (Lipinski definition) is 0. The van der Waals surface area contributed by atoms with Crippen molar-refractivity contribution in [1.82, 2.24) is 4.57 Å². The fourth-order valence-electron chi connectivity index (χ4n) is 3.38. The number of ether oxygens (including phenoxy) is 1. The predicted octanol–water partition coefficient (Wildman–Crippen LogP) is 5.32. The van der Waals surface area contributed by atoms with Gasteiger partial charge in [0.15, 0.2) is 6.04 Å². The lowest BCUT2D eigenvalue weighted by atomic mass is 10.1. The van der Waals surface area contributed by atoms with E-state index in [0.717, 1.165) is 31.8 Å². The Balaban J connectivity index is 2.07. The molecule has 0 saturated carbocycles. The minimum Gasteiger partial charge on any atom is -0.467 e. The van der Waals surface area contributed by atoms with E-state index in [1.54, 1.807) is 0 Å². The van der Waals surface area contributed by atoms with Crippen molar-refractivity contribution in [3.8, 4) is 0 Å². The number of halogens is 1. The molecule has 3 aromatic carbocycles. The van der Waals surface area contributed by atoms with Crippen LogP contribution in [-0.2, 0) is 9.53 Å². The fourth-order valence-corrected chi connectivity index (χ4v) is 3.64. The Morgan fingerprint density at radius 1 is 0.880 bits per heavy atom. The van der Waals surface area contributed by atoms with Crippen LogP contribution >= 0.6 is 15.9 Å². The van der Waals surface area contributed by atoms with E-state index in [0.29, 0.717) is 0 Å². The molecule has 124 valence electrons. The fraction of sp³-hybridized carbons (Fsp3) is 0.0952. The van der Waals surface area contributed by atoms with Crippen LogP contribution in [0.25, 0.3) is 21.8 Å². The van der Waals surface area contributed by atoms with Gasteiger partial charge in [0.25, 0.3) is 0 Å². The summed E-state index contributed by atoms with van der Waals surface area (Å²) in [5.41, 5.74) is 2.92. The van der Waals surface area contributed by atoms with Crippen molar-refractivity contribution in [2.75, 3.05) is 7.11 Å². The molecule has 0 aliphatic rings. The largest absolute Gasteiger partial charge is 0.467 e. The predicted molar refractivity (Wildman–Crippen MR) is 104 cm³/mol. The van der Waals surface area contributed by atoms with Crippen molar-refractivity contribution in [2.45, 2.75) is 6.04 Å². The quantitative estimate of drug-likeness (QED) is 0.441. The SMILES string of the molecule is COC(=O)[C@@H](c1ccc(Br)cc1)n1c2ccccc2c2ccccc21. The third-order valence-corrected chi connectivity index (χ3v) is 5.01. The molecule has 25 heavy (non-hydrogen) atoms. The first-order chi connectivity index (χ1) is 12.2. The molecule has 0 saturated heterocycles. The highest BCUT2D eigenvalue weighted by Gasteiger charge is 2.27. The monoisotopic (exact) mass is 393 g/mol. The van der Waals surface area contributed by atoms with E-state index in [4.69, 9.17) is 4.74 Å². The number of esters is 1. The molecular weight excluding hydrogens is 378 g/mol. The van der Waals surface area contributed by atoms with Gasteiger partial charge in [-0.05, 0) is 29.8 Å². The van der Waals surface area contributed by atoms with Gasteiger partial charge < -0.3 is 9.30 Å². The zero-order valence-electron chi connectivity index (χ0n) is 13.6. The molecule has 0 radical (unpaired) electrons. The molecule has 3 nitrogen and oxygen atoms in total. The van der Waals surface area contributed by atoms with Crippen molar-refractivity contribution in [3.05, 3.63) is 82.8 Å². The van der Waals surface area contributed by atoms with Gasteiger partial charge in [-0.3, -0.25) is 0 Å². The summed E-state index contributed by atoms with van der Waals surface area (Å²) in [6, 6.07) is 23.5. The molecule has 0 aliphatic heterocycles. The van der Waals surface area contributed by atoms with Crippen LogP contribution in [0, 0.1) is 0 Å². The number of carbonyl (C=O) groups excluding carboxylic acids is 1. The Morgan fingerprint density at radius 2 is 1.40 bits per heavy atom. The Morgan fingerprint density at radius 3 is 1.92 bits per heavy atom. The summed E-state index contributed by atoms with van der Waals surface area (Å²) in [7, 11) is 1.43. The summed E-state index contributed by atoms with van der Waals surface area (Å²) in [6.07, 6.45) is 0. The van der Waals surface area contributed by atoms with Crippen LogP contribution in [0.1, 0.15) is 11.6 Å². The van der Waals surface area contributed by atoms with Gasteiger partial charge in [0.1, 0.15) is 0 Å². The molecule has 0 spiro atoms. The molecule has 0 amide bonds. The van der Waals surface area contributed by atoms with E-state index in [9.17, 15) is 4.79 Å². The van der Waals surface area contributed by atoms with Crippen LogP contribution < -0.4 is 0 Å². The molecule has 0 unspecified atom stereocenters. The molecule has 0 bridgehead atoms. The maximum absolute atomic E-state index is 12.7. The highest BCUT2D eigenvalue weighted by Crippen LogP contribution is 2.34. The van der Waals surface area contributed by atoms with Crippen molar-refractivity contribution in [3.63, 3.8) is 0 Å². The first-order valence-corrected chi connectivity index (χ1v) is 8.81. The molecule has 0 N–H and O–H groups in total. The molecule has 0 aliphatic carbocycles. The third-order valence-electron chi connectivity index (χ3n) is 4.49. The second-order valence-corrected chi connectivity index (χ2v) is 6.80. The van der Waals surface area contributed by atoms with Crippen molar-refractivity contribution >= 4 is 43.7 Å². The summed E-state index contributed by atoms with van der Waals surface area (Å²) < 4.78 is 8.19. The number of aromatic nitrogens is 1. The lowest BCUT2D eigenvalue weighted by molar-refractivity contribution is -0.143. The molecular formula is C21H16BrNO2. The van der Waals surface area contributed by atoms with Crippen LogP contribution in [0.4, 0.5) is 0 Å². The summed E-state index contributed by atoms with van der Waals surface area (Å²) >= 11 is 3.45. The van der Waals surface area contributed by atoms with E-state index in [1.165, 1.54) is 7.11 Å². The van der Waals surface area contributed by atoms with Crippen molar-refractivity contribution in [2.24, 2.45) is 0 Å². The number of nitrogens with zero attached hydrogens (tertiary/aromatic N) is 1. The Bertz CT molecular complexity index is 1010. The normalized spacial score (nSPS) is 12.4. The number of carbonyl (C=O) groups is 1. The average molecular weight is 394 g/mol. The van der Waals surface area contributed by atoms with Crippen LogP contribution in [0.3, 0.4) is 0 Å². The number of para-hydroxylation sites is 2. The molecule has 1 atom stereocenters. The maximum Gasteiger partial charge on any atom is 0.333 e. The summed E-state index contributed by atoms with van der Waals surface area (Å²) in [5, 5.41) is 2.26. The van der Waals surface area contributed by atoms with Gasteiger partial charge in [-0.2, -0.15) is 0 Å². The molecule has 4 heteroatoms. The molecule has 4 rings (SSSR count). The smallest absolute Gasteiger partial charge is 0.333 e. The van der Waals surface area contributed by atoms with E-state index in [-0.39, 0.29) is 5.97 Å². The number of fused-ring (bicyclic) bond motifs is 3.